The summed E-state index contributed by atoms with van der Waals surface area (Å²) >= 11 is 0. The highest BCUT2D eigenvalue weighted by Gasteiger charge is 2.40. The Morgan fingerprint density at radius 2 is 1.96 bits per heavy atom. The number of nitrogens with zero attached hydrogens (tertiary/aromatic N) is 2. The summed E-state index contributed by atoms with van der Waals surface area (Å²) in [6.45, 7) is 3.55. The summed E-state index contributed by atoms with van der Waals surface area (Å²) in [4.78, 5) is 16.5. The Hall–Kier alpha value is -1.73. The van der Waals surface area contributed by atoms with Gasteiger partial charge in [0, 0.05) is 26.2 Å². The van der Waals surface area contributed by atoms with Gasteiger partial charge in [0.1, 0.15) is 0 Å². The molecule has 0 saturated carbocycles. The van der Waals surface area contributed by atoms with E-state index in [9.17, 15) is 9.90 Å². The average Bonchev–Trinajstić information content (AvgIpc) is 2.84. The van der Waals surface area contributed by atoms with Gasteiger partial charge in [0.15, 0.2) is 0 Å². The predicted molar refractivity (Wildman–Crippen MR) is 104 cm³/mol. The molecule has 3 rings (SSSR count). The van der Waals surface area contributed by atoms with E-state index >= 15 is 0 Å². The van der Waals surface area contributed by atoms with E-state index in [4.69, 9.17) is 9.84 Å². The fraction of sp³-hybridized carbons (Fsp3) is 0.571. The molecule has 2 N–H and O–H groups in total. The van der Waals surface area contributed by atoms with Crippen LogP contribution >= 0.6 is 0 Å². The summed E-state index contributed by atoms with van der Waals surface area (Å²) in [5.74, 6) is 0.141. The monoisotopic (exact) mass is 374 g/mol. The van der Waals surface area contributed by atoms with Crippen molar-refractivity contribution in [3.05, 3.63) is 42.0 Å². The molecule has 1 aromatic rings. The highest BCUT2D eigenvalue weighted by Crippen LogP contribution is 2.30. The lowest BCUT2D eigenvalue weighted by Gasteiger charge is -2.42. The number of piperidine rings is 1. The molecule has 0 aromatic heterocycles. The number of aliphatic hydroxyl groups is 2. The van der Waals surface area contributed by atoms with Gasteiger partial charge in [-0.05, 0) is 18.4 Å². The van der Waals surface area contributed by atoms with Crippen LogP contribution in [0.15, 0.2) is 36.4 Å². The molecule has 2 fully saturated rings. The molecule has 2 aliphatic rings. The topological polar surface area (TPSA) is 73.2 Å². The molecular formula is C21H30N2O4. The fourth-order valence-corrected chi connectivity index (χ4v) is 3.84. The molecule has 1 unspecified atom stereocenters. The Labute approximate surface area is 161 Å². The molecule has 0 radical (unpaired) electrons. The third-order valence-electron chi connectivity index (χ3n) is 5.44. The third kappa shape index (κ3) is 5.62. The molecule has 0 aliphatic carbocycles. The van der Waals surface area contributed by atoms with Gasteiger partial charge in [0.05, 0.1) is 37.9 Å². The van der Waals surface area contributed by atoms with E-state index in [2.05, 4.69) is 4.90 Å². The molecular weight excluding hydrogens is 344 g/mol. The molecule has 0 bridgehead atoms. The number of ether oxygens (including phenoxy) is 1. The van der Waals surface area contributed by atoms with Crippen LogP contribution in [0.5, 0.6) is 0 Å². The molecule has 27 heavy (non-hydrogen) atoms. The van der Waals surface area contributed by atoms with Gasteiger partial charge in [0.25, 0.3) is 0 Å². The summed E-state index contributed by atoms with van der Waals surface area (Å²) < 4.78 is 6.15. The second-order valence-electron chi connectivity index (χ2n) is 7.51. The van der Waals surface area contributed by atoms with Crippen molar-refractivity contribution in [2.45, 2.75) is 31.0 Å². The molecule has 148 valence electrons. The van der Waals surface area contributed by atoms with Crippen LogP contribution in [0.4, 0.5) is 0 Å². The molecule has 2 heterocycles. The second-order valence-corrected chi connectivity index (χ2v) is 7.51. The van der Waals surface area contributed by atoms with Crippen molar-refractivity contribution < 1.29 is 19.7 Å². The van der Waals surface area contributed by atoms with Crippen LogP contribution in [-0.4, -0.2) is 83.6 Å². The molecule has 1 aromatic carbocycles. The lowest BCUT2D eigenvalue weighted by atomic mass is 9.90. The Kier molecular flexibility index (Phi) is 7.01. The second kappa shape index (κ2) is 9.46. The maximum absolute atomic E-state index is 12.5. The average molecular weight is 374 g/mol. The lowest BCUT2D eigenvalue weighted by molar-refractivity contribution is -0.131. The number of rotatable bonds is 6. The zero-order valence-corrected chi connectivity index (χ0v) is 15.8. The number of carbonyl (C=O) groups is 1. The van der Waals surface area contributed by atoms with Crippen LogP contribution in [-0.2, 0) is 9.53 Å². The minimum Gasteiger partial charge on any atom is -0.394 e. The van der Waals surface area contributed by atoms with Crippen LogP contribution in [0.2, 0.25) is 0 Å². The van der Waals surface area contributed by atoms with Crippen molar-refractivity contribution in [3.63, 3.8) is 0 Å². The van der Waals surface area contributed by atoms with Gasteiger partial charge < -0.3 is 24.7 Å². The summed E-state index contributed by atoms with van der Waals surface area (Å²) in [7, 11) is 0. The Bertz CT molecular complexity index is 626. The van der Waals surface area contributed by atoms with E-state index in [1.165, 1.54) is 0 Å². The first kappa shape index (κ1) is 20.0. The minimum absolute atomic E-state index is 0.141. The molecule has 1 amide bonds. The Morgan fingerprint density at radius 3 is 2.67 bits per heavy atom. The first-order chi connectivity index (χ1) is 13.1. The van der Waals surface area contributed by atoms with Crippen LogP contribution in [0, 0.1) is 0 Å². The highest BCUT2D eigenvalue weighted by molar-refractivity contribution is 5.77. The minimum atomic E-state index is -0.699. The number of hydrogen-bond acceptors (Lipinski definition) is 5. The summed E-state index contributed by atoms with van der Waals surface area (Å²) in [5.41, 5.74) is 0.828. The van der Waals surface area contributed by atoms with Crippen LogP contribution in [0.1, 0.15) is 24.8 Å². The van der Waals surface area contributed by atoms with Gasteiger partial charge in [0.2, 0.25) is 5.91 Å². The summed E-state index contributed by atoms with van der Waals surface area (Å²) in [5, 5.41) is 18.7. The number of amides is 1. The largest absolute Gasteiger partial charge is 0.394 e. The van der Waals surface area contributed by atoms with Crippen molar-refractivity contribution in [3.8, 4) is 0 Å². The maximum Gasteiger partial charge on any atom is 0.225 e. The quantitative estimate of drug-likeness (QED) is 0.781. The van der Waals surface area contributed by atoms with E-state index in [0.29, 0.717) is 32.7 Å². The van der Waals surface area contributed by atoms with Gasteiger partial charge >= 0.3 is 0 Å². The molecule has 1 spiro atoms. The third-order valence-corrected chi connectivity index (χ3v) is 5.44. The van der Waals surface area contributed by atoms with Gasteiger partial charge in [-0.15, -0.1) is 0 Å². The van der Waals surface area contributed by atoms with E-state index in [-0.39, 0.29) is 18.1 Å². The molecule has 6 heteroatoms. The number of benzene rings is 1. The SMILES string of the molecule is O=C1CCOC2(CCN(CC(O)CO)CC2)CN1C/C=C/c1ccccc1. The van der Waals surface area contributed by atoms with E-state index < -0.39 is 6.10 Å². The Morgan fingerprint density at radius 1 is 1.22 bits per heavy atom. The van der Waals surface area contributed by atoms with Crippen molar-refractivity contribution in [1.82, 2.24) is 9.80 Å². The Balaban J connectivity index is 1.58. The molecule has 2 saturated heterocycles. The number of aliphatic hydroxyl groups excluding tert-OH is 2. The van der Waals surface area contributed by atoms with E-state index in [1.807, 2.05) is 47.4 Å². The van der Waals surface area contributed by atoms with Gasteiger partial charge in [-0.25, -0.2) is 0 Å². The van der Waals surface area contributed by atoms with Crippen molar-refractivity contribution in [1.29, 1.82) is 0 Å². The lowest BCUT2D eigenvalue weighted by Crippen LogP contribution is -2.53. The standard InChI is InChI=1S/C21H30N2O4/c24-16-19(25)15-22-12-9-21(10-13-22)17-23(20(26)8-14-27-21)11-4-7-18-5-2-1-3-6-18/h1-7,19,24-25H,8-17H2/b7-4+. The van der Waals surface area contributed by atoms with Crippen LogP contribution in [0.3, 0.4) is 0 Å². The number of carbonyl (C=O) groups excluding carboxylic acids is 1. The van der Waals surface area contributed by atoms with Gasteiger partial charge in [-0.3, -0.25) is 4.79 Å². The molecule has 2 aliphatic heterocycles. The summed E-state index contributed by atoms with van der Waals surface area (Å²) in [6.07, 6.45) is 5.47. The zero-order valence-electron chi connectivity index (χ0n) is 15.8. The highest BCUT2D eigenvalue weighted by atomic mass is 16.5. The van der Waals surface area contributed by atoms with E-state index in [1.54, 1.807) is 0 Å². The summed E-state index contributed by atoms with van der Waals surface area (Å²) in [6, 6.07) is 10.1. The number of likely N-dealkylation sites (tertiary alicyclic amines) is 1. The predicted octanol–water partition coefficient (Wildman–Crippen LogP) is 1.14. The number of β-amino-alcohol motifs (C(OH)–C–C–N with tert-alkyl or cyclic N) is 1. The first-order valence-electron chi connectivity index (χ1n) is 9.75. The van der Waals surface area contributed by atoms with Crippen LogP contribution in [0.25, 0.3) is 6.08 Å². The zero-order chi connectivity index (χ0) is 19.1. The molecule has 6 nitrogen and oxygen atoms in total. The molecule has 1 atom stereocenters. The maximum atomic E-state index is 12.5. The van der Waals surface area contributed by atoms with E-state index in [0.717, 1.165) is 31.5 Å². The number of hydrogen-bond donors (Lipinski definition) is 2. The van der Waals surface area contributed by atoms with Crippen molar-refractivity contribution >= 4 is 12.0 Å². The van der Waals surface area contributed by atoms with Crippen molar-refractivity contribution in [2.75, 3.05) is 45.9 Å². The van der Waals surface area contributed by atoms with Crippen molar-refractivity contribution in [2.24, 2.45) is 0 Å². The van der Waals surface area contributed by atoms with Crippen LogP contribution < -0.4 is 0 Å². The van der Waals surface area contributed by atoms with Gasteiger partial charge in [-0.1, -0.05) is 42.5 Å². The first-order valence-corrected chi connectivity index (χ1v) is 9.75. The van der Waals surface area contributed by atoms with Gasteiger partial charge in [-0.2, -0.15) is 0 Å². The smallest absolute Gasteiger partial charge is 0.225 e. The normalized spacial score (nSPS) is 22.3. The fourth-order valence-electron chi connectivity index (χ4n) is 3.84.